The summed E-state index contributed by atoms with van der Waals surface area (Å²) in [6, 6.07) is 5.32. The number of rotatable bonds is 1. The van der Waals surface area contributed by atoms with Crippen LogP contribution in [-0.4, -0.2) is 26.5 Å². The van der Waals surface area contributed by atoms with Crippen LogP contribution >= 0.6 is 27.5 Å². The van der Waals surface area contributed by atoms with Gasteiger partial charge in [0.1, 0.15) is 0 Å². The molecule has 1 aliphatic rings. The molecule has 0 saturated carbocycles. The van der Waals surface area contributed by atoms with E-state index in [-0.39, 0.29) is 23.5 Å². The SMILES string of the molecule is CC1CNC(c2ccc(Br)cc2Cl)CS(=O)(=O)C1. The highest BCUT2D eigenvalue weighted by Gasteiger charge is 2.28. The van der Waals surface area contributed by atoms with Crippen LogP contribution in [0, 0.1) is 5.92 Å². The van der Waals surface area contributed by atoms with Gasteiger partial charge in [0.2, 0.25) is 0 Å². The van der Waals surface area contributed by atoms with Crippen LogP contribution in [0.1, 0.15) is 18.5 Å². The van der Waals surface area contributed by atoms with Crippen molar-refractivity contribution in [3.8, 4) is 0 Å². The molecule has 6 heteroatoms. The van der Waals surface area contributed by atoms with Gasteiger partial charge in [-0.25, -0.2) is 8.42 Å². The summed E-state index contributed by atoms with van der Waals surface area (Å²) >= 11 is 9.53. The summed E-state index contributed by atoms with van der Waals surface area (Å²) < 4.78 is 24.8. The van der Waals surface area contributed by atoms with Crippen LogP contribution in [0.2, 0.25) is 5.02 Å². The van der Waals surface area contributed by atoms with E-state index in [0.717, 1.165) is 10.0 Å². The standard InChI is InChI=1S/C12H15BrClNO2S/c1-8-5-15-12(7-18(16,17)6-8)10-3-2-9(13)4-11(10)14/h2-4,8,12,15H,5-7H2,1H3. The molecule has 0 radical (unpaired) electrons. The van der Waals surface area contributed by atoms with Gasteiger partial charge in [-0.05, 0) is 30.2 Å². The molecule has 0 amide bonds. The van der Waals surface area contributed by atoms with Crippen molar-refractivity contribution >= 4 is 37.4 Å². The Morgan fingerprint density at radius 2 is 2.11 bits per heavy atom. The van der Waals surface area contributed by atoms with E-state index in [9.17, 15) is 8.42 Å². The Morgan fingerprint density at radius 3 is 2.78 bits per heavy atom. The molecule has 2 unspecified atom stereocenters. The summed E-state index contributed by atoms with van der Waals surface area (Å²) in [5, 5.41) is 3.87. The van der Waals surface area contributed by atoms with Crippen molar-refractivity contribution in [3.05, 3.63) is 33.3 Å². The predicted octanol–water partition coefficient (Wildman–Crippen LogP) is 2.80. The van der Waals surface area contributed by atoms with Crippen LogP contribution in [-0.2, 0) is 9.84 Å². The fraction of sp³-hybridized carbons (Fsp3) is 0.500. The molecule has 0 aliphatic carbocycles. The molecule has 3 nitrogen and oxygen atoms in total. The third-order valence-corrected chi connectivity index (χ3v) is 5.75. The van der Waals surface area contributed by atoms with E-state index >= 15 is 0 Å². The Balaban J connectivity index is 2.32. The van der Waals surface area contributed by atoms with Gasteiger partial charge in [-0.3, -0.25) is 0 Å². The zero-order chi connectivity index (χ0) is 13.3. The molecule has 1 aromatic carbocycles. The number of hydrogen-bond acceptors (Lipinski definition) is 3. The second kappa shape index (κ2) is 5.49. The molecule has 0 spiro atoms. The summed E-state index contributed by atoms with van der Waals surface area (Å²) in [7, 11) is -3.03. The van der Waals surface area contributed by atoms with Gasteiger partial charge in [0.05, 0.1) is 11.5 Å². The Hall–Kier alpha value is -0.100. The van der Waals surface area contributed by atoms with Gasteiger partial charge >= 0.3 is 0 Å². The third-order valence-electron chi connectivity index (χ3n) is 3.01. The molecule has 2 rings (SSSR count). The smallest absolute Gasteiger partial charge is 0.152 e. The largest absolute Gasteiger partial charge is 0.309 e. The van der Waals surface area contributed by atoms with Gasteiger partial charge in [0.15, 0.2) is 9.84 Å². The average Bonchev–Trinajstić information content (AvgIpc) is 2.36. The molecule has 2 atom stereocenters. The molecule has 1 aliphatic heterocycles. The van der Waals surface area contributed by atoms with E-state index < -0.39 is 9.84 Å². The lowest BCUT2D eigenvalue weighted by atomic mass is 10.1. The van der Waals surface area contributed by atoms with E-state index in [0.29, 0.717) is 11.6 Å². The molecule has 1 N–H and O–H groups in total. The number of hydrogen-bond donors (Lipinski definition) is 1. The third kappa shape index (κ3) is 3.47. The van der Waals surface area contributed by atoms with E-state index in [1.807, 2.05) is 19.1 Å². The number of benzene rings is 1. The Labute approximate surface area is 121 Å². The first-order chi connectivity index (χ1) is 8.37. The van der Waals surface area contributed by atoms with E-state index in [4.69, 9.17) is 11.6 Å². The first kappa shape index (κ1) is 14.3. The lowest BCUT2D eigenvalue weighted by molar-refractivity contribution is 0.518. The lowest BCUT2D eigenvalue weighted by Crippen LogP contribution is -2.26. The highest BCUT2D eigenvalue weighted by molar-refractivity contribution is 9.10. The Morgan fingerprint density at radius 1 is 1.39 bits per heavy atom. The minimum absolute atomic E-state index is 0.110. The lowest BCUT2D eigenvalue weighted by Gasteiger charge is -2.17. The summed E-state index contributed by atoms with van der Waals surface area (Å²) in [6.45, 7) is 2.63. The van der Waals surface area contributed by atoms with Crippen molar-refractivity contribution in [2.75, 3.05) is 18.1 Å². The molecule has 1 heterocycles. The van der Waals surface area contributed by atoms with Crippen LogP contribution in [0.5, 0.6) is 0 Å². The normalized spacial score (nSPS) is 27.7. The first-order valence-electron chi connectivity index (χ1n) is 5.76. The van der Waals surface area contributed by atoms with Crippen molar-refractivity contribution in [1.82, 2.24) is 5.32 Å². The highest BCUT2D eigenvalue weighted by atomic mass is 79.9. The van der Waals surface area contributed by atoms with E-state index in [1.54, 1.807) is 6.07 Å². The van der Waals surface area contributed by atoms with Gasteiger partial charge in [-0.15, -0.1) is 0 Å². The van der Waals surface area contributed by atoms with E-state index in [2.05, 4.69) is 21.2 Å². The molecule has 1 fully saturated rings. The van der Waals surface area contributed by atoms with Crippen molar-refractivity contribution < 1.29 is 8.42 Å². The van der Waals surface area contributed by atoms with Crippen LogP contribution < -0.4 is 5.32 Å². The Bertz CT molecular complexity index is 547. The van der Waals surface area contributed by atoms with Gasteiger partial charge in [-0.1, -0.05) is 40.5 Å². The molecule has 1 aromatic rings. The maximum Gasteiger partial charge on any atom is 0.152 e. The fourth-order valence-electron chi connectivity index (χ4n) is 2.20. The summed E-state index contributed by atoms with van der Waals surface area (Å²) in [5.41, 5.74) is 0.845. The fourth-order valence-corrected chi connectivity index (χ4v) is 4.93. The van der Waals surface area contributed by atoms with Crippen LogP contribution in [0.15, 0.2) is 22.7 Å². The maximum absolute atomic E-state index is 12.0. The summed E-state index contributed by atoms with van der Waals surface area (Å²) in [6.07, 6.45) is 0. The van der Waals surface area contributed by atoms with Gasteiger partial charge in [-0.2, -0.15) is 0 Å². The van der Waals surface area contributed by atoms with E-state index in [1.165, 1.54) is 0 Å². The molecular formula is C12H15BrClNO2S. The topological polar surface area (TPSA) is 46.2 Å². The van der Waals surface area contributed by atoms with Crippen molar-refractivity contribution in [2.24, 2.45) is 5.92 Å². The second-order valence-electron chi connectivity index (χ2n) is 4.81. The zero-order valence-corrected chi connectivity index (χ0v) is 13.1. The molecule has 0 bridgehead atoms. The number of sulfone groups is 1. The molecule has 18 heavy (non-hydrogen) atoms. The second-order valence-corrected chi connectivity index (χ2v) is 8.29. The number of halogens is 2. The molecule has 1 saturated heterocycles. The molecule has 0 aromatic heterocycles. The predicted molar refractivity (Wildman–Crippen MR) is 77.7 cm³/mol. The van der Waals surface area contributed by atoms with Crippen LogP contribution in [0.4, 0.5) is 0 Å². The monoisotopic (exact) mass is 351 g/mol. The van der Waals surface area contributed by atoms with Crippen molar-refractivity contribution in [3.63, 3.8) is 0 Å². The zero-order valence-electron chi connectivity index (χ0n) is 9.99. The molecular weight excluding hydrogens is 338 g/mol. The van der Waals surface area contributed by atoms with Crippen molar-refractivity contribution in [2.45, 2.75) is 13.0 Å². The summed E-state index contributed by atoms with van der Waals surface area (Å²) in [4.78, 5) is 0. The van der Waals surface area contributed by atoms with Gasteiger partial charge in [0.25, 0.3) is 0 Å². The quantitative estimate of drug-likeness (QED) is 0.845. The minimum atomic E-state index is -3.03. The van der Waals surface area contributed by atoms with Crippen molar-refractivity contribution in [1.29, 1.82) is 0 Å². The Kier molecular flexibility index (Phi) is 4.36. The maximum atomic E-state index is 12.0. The average molecular weight is 353 g/mol. The first-order valence-corrected chi connectivity index (χ1v) is 8.75. The molecule has 100 valence electrons. The van der Waals surface area contributed by atoms with Crippen LogP contribution in [0.3, 0.4) is 0 Å². The van der Waals surface area contributed by atoms with Gasteiger partial charge < -0.3 is 5.32 Å². The van der Waals surface area contributed by atoms with Gasteiger partial charge in [0, 0.05) is 15.5 Å². The highest BCUT2D eigenvalue weighted by Crippen LogP contribution is 2.29. The minimum Gasteiger partial charge on any atom is -0.309 e. The summed E-state index contributed by atoms with van der Waals surface area (Å²) in [5.74, 6) is 0.484. The number of nitrogens with one attached hydrogen (secondary N) is 1. The van der Waals surface area contributed by atoms with Crippen LogP contribution in [0.25, 0.3) is 0 Å².